The lowest BCUT2D eigenvalue weighted by molar-refractivity contribution is 0.894. The maximum Gasteiger partial charge on any atom is 0.188 e. The van der Waals surface area contributed by atoms with E-state index in [1.54, 1.807) is 29.8 Å². The lowest BCUT2D eigenvalue weighted by Crippen LogP contribution is -2.16. The Hall–Kier alpha value is -2.27. The van der Waals surface area contributed by atoms with Crippen LogP contribution >= 0.6 is 11.3 Å². The van der Waals surface area contributed by atoms with E-state index < -0.39 is 0 Å². The molecule has 0 aliphatic carbocycles. The Morgan fingerprint density at radius 3 is 2.55 bits per heavy atom. The zero-order valence-electron chi connectivity index (χ0n) is 11.1. The quantitative estimate of drug-likeness (QED) is 0.736. The van der Waals surface area contributed by atoms with E-state index in [0.717, 1.165) is 17.2 Å². The molecule has 2 aromatic heterocycles. The van der Waals surface area contributed by atoms with E-state index in [9.17, 15) is 0 Å². The number of thiazole rings is 1. The van der Waals surface area contributed by atoms with Gasteiger partial charge in [0.25, 0.3) is 0 Å². The number of rotatable bonds is 4. The van der Waals surface area contributed by atoms with Gasteiger partial charge in [0.15, 0.2) is 10.8 Å². The smallest absolute Gasteiger partial charge is 0.188 e. The average molecular weight is 282 g/mol. The Bertz CT molecular complexity index is 667. The fourth-order valence-electron chi connectivity index (χ4n) is 1.91. The molecule has 3 rings (SSSR count). The maximum absolute atomic E-state index is 4.60. The molecular formula is C15H14N4S. The largest absolute Gasteiger partial charge is 0.369 e. The van der Waals surface area contributed by atoms with Crippen molar-refractivity contribution in [2.75, 3.05) is 11.9 Å². The summed E-state index contributed by atoms with van der Waals surface area (Å²) in [5.74, 6) is 0.686. The van der Waals surface area contributed by atoms with E-state index in [1.165, 1.54) is 5.69 Å². The van der Waals surface area contributed by atoms with Gasteiger partial charge in [-0.25, -0.2) is 15.0 Å². The van der Waals surface area contributed by atoms with Gasteiger partial charge < -0.3 is 4.90 Å². The Morgan fingerprint density at radius 2 is 1.80 bits per heavy atom. The standard InChI is InChI=1S/C15H14N4S/c1-19(13-6-3-2-4-7-13)10-12-11-20-15(18-12)14-16-8-5-9-17-14/h2-9,11H,10H2,1H3. The molecule has 0 spiro atoms. The van der Waals surface area contributed by atoms with E-state index in [4.69, 9.17) is 0 Å². The van der Waals surface area contributed by atoms with E-state index in [1.807, 2.05) is 18.2 Å². The van der Waals surface area contributed by atoms with Gasteiger partial charge in [-0.3, -0.25) is 0 Å². The minimum Gasteiger partial charge on any atom is -0.369 e. The predicted octanol–water partition coefficient (Wildman–Crippen LogP) is 3.24. The highest BCUT2D eigenvalue weighted by molar-refractivity contribution is 7.13. The monoisotopic (exact) mass is 282 g/mol. The molecule has 0 N–H and O–H groups in total. The minimum absolute atomic E-state index is 0.686. The number of anilines is 1. The lowest BCUT2D eigenvalue weighted by atomic mass is 10.3. The summed E-state index contributed by atoms with van der Waals surface area (Å²) < 4.78 is 0. The van der Waals surface area contributed by atoms with Crippen molar-refractivity contribution in [2.45, 2.75) is 6.54 Å². The molecule has 0 bridgehead atoms. The Kier molecular flexibility index (Phi) is 3.69. The first kappa shape index (κ1) is 12.7. The first-order chi connectivity index (χ1) is 9.83. The molecular weight excluding hydrogens is 268 g/mol. The van der Waals surface area contributed by atoms with Crippen LogP contribution in [0, 0.1) is 0 Å². The highest BCUT2D eigenvalue weighted by Crippen LogP contribution is 2.21. The maximum atomic E-state index is 4.60. The molecule has 2 heterocycles. The first-order valence-electron chi connectivity index (χ1n) is 6.31. The van der Waals surface area contributed by atoms with Crippen molar-refractivity contribution >= 4 is 17.0 Å². The minimum atomic E-state index is 0.686. The van der Waals surface area contributed by atoms with Crippen molar-refractivity contribution in [3.8, 4) is 10.8 Å². The Morgan fingerprint density at radius 1 is 1.05 bits per heavy atom. The van der Waals surface area contributed by atoms with E-state index in [-0.39, 0.29) is 0 Å². The highest BCUT2D eigenvalue weighted by Gasteiger charge is 2.09. The molecule has 20 heavy (non-hydrogen) atoms. The summed E-state index contributed by atoms with van der Waals surface area (Å²) in [6, 6.07) is 12.1. The van der Waals surface area contributed by atoms with Crippen molar-refractivity contribution in [1.82, 2.24) is 15.0 Å². The Balaban J connectivity index is 1.75. The number of benzene rings is 1. The topological polar surface area (TPSA) is 41.9 Å². The van der Waals surface area contributed by atoms with Crippen LogP contribution < -0.4 is 4.90 Å². The summed E-state index contributed by atoms with van der Waals surface area (Å²) in [5.41, 5.74) is 2.21. The summed E-state index contributed by atoms with van der Waals surface area (Å²) in [4.78, 5) is 15.2. The third kappa shape index (κ3) is 2.83. The van der Waals surface area contributed by atoms with Crippen molar-refractivity contribution in [2.24, 2.45) is 0 Å². The van der Waals surface area contributed by atoms with Crippen LogP contribution in [0.15, 0.2) is 54.2 Å². The molecule has 0 fully saturated rings. The third-order valence-electron chi connectivity index (χ3n) is 2.90. The van der Waals surface area contributed by atoms with E-state index in [2.05, 4.69) is 44.4 Å². The molecule has 1 aromatic carbocycles. The molecule has 3 aromatic rings. The fourth-order valence-corrected chi connectivity index (χ4v) is 2.66. The SMILES string of the molecule is CN(Cc1csc(-c2ncccn2)n1)c1ccccc1. The molecule has 0 atom stereocenters. The molecule has 0 aliphatic rings. The predicted molar refractivity (Wildman–Crippen MR) is 81.7 cm³/mol. The van der Waals surface area contributed by atoms with Gasteiger partial charge in [-0.1, -0.05) is 18.2 Å². The fraction of sp³-hybridized carbons (Fsp3) is 0.133. The molecule has 100 valence electrons. The van der Waals surface area contributed by atoms with Crippen molar-refractivity contribution < 1.29 is 0 Å². The van der Waals surface area contributed by atoms with Crippen molar-refractivity contribution in [1.29, 1.82) is 0 Å². The highest BCUT2D eigenvalue weighted by atomic mass is 32.1. The first-order valence-corrected chi connectivity index (χ1v) is 7.19. The van der Waals surface area contributed by atoms with Gasteiger partial charge in [-0.15, -0.1) is 11.3 Å². The normalized spacial score (nSPS) is 10.4. The number of para-hydroxylation sites is 1. The van der Waals surface area contributed by atoms with Crippen LogP contribution in [0.3, 0.4) is 0 Å². The van der Waals surface area contributed by atoms with Crippen LogP contribution in [0.2, 0.25) is 0 Å². The molecule has 4 nitrogen and oxygen atoms in total. The van der Waals surface area contributed by atoms with Gasteiger partial charge in [0.1, 0.15) is 0 Å². The molecule has 5 heteroatoms. The van der Waals surface area contributed by atoms with Crippen LogP contribution in [-0.4, -0.2) is 22.0 Å². The molecule has 0 radical (unpaired) electrons. The van der Waals surface area contributed by atoms with Crippen LogP contribution in [-0.2, 0) is 6.54 Å². The van der Waals surface area contributed by atoms with Crippen molar-refractivity contribution in [3.63, 3.8) is 0 Å². The molecule has 0 aliphatic heterocycles. The number of aromatic nitrogens is 3. The van der Waals surface area contributed by atoms with Crippen LogP contribution in [0.5, 0.6) is 0 Å². The number of nitrogens with zero attached hydrogens (tertiary/aromatic N) is 4. The third-order valence-corrected chi connectivity index (χ3v) is 3.79. The van der Waals surface area contributed by atoms with Gasteiger partial charge in [0, 0.05) is 30.5 Å². The molecule has 0 saturated carbocycles. The molecule has 0 unspecified atom stereocenters. The number of hydrogen-bond donors (Lipinski definition) is 0. The average Bonchev–Trinajstić information content (AvgIpc) is 2.97. The van der Waals surface area contributed by atoms with Crippen LogP contribution in [0.25, 0.3) is 10.8 Å². The van der Waals surface area contributed by atoms with Gasteiger partial charge in [-0.2, -0.15) is 0 Å². The van der Waals surface area contributed by atoms with E-state index in [0.29, 0.717) is 5.82 Å². The lowest BCUT2D eigenvalue weighted by Gasteiger charge is -2.17. The van der Waals surface area contributed by atoms with Crippen LogP contribution in [0.1, 0.15) is 5.69 Å². The van der Waals surface area contributed by atoms with E-state index >= 15 is 0 Å². The Labute approximate surface area is 121 Å². The zero-order chi connectivity index (χ0) is 13.8. The summed E-state index contributed by atoms with van der Waals surface area (Å²) in [6.45, 7) is 0.771. The second-order valence-corrected chi connectivity index (χ2v) is 5.27. The summed E-state index contributed by atoms with van der Waals surface area (Å²) >= 11 is 1.58. The number of hydrogen-bond acceptors (Lipinski definition) is 5. The second-order valence-electron chi connectivity index (χ2n) is 4.41. The van der Waals surface area contributed by atoms with Crippen molar-refractivity contribution in [3.05, 3.63) is 59.9 Å². The molecule has 0 saturated heterocycles. The summed E-state index contributed by atoms with van der Waals surface area (Å²) in [5, 5.41) is 2.92. The molecule has 0 amide bonds. The second kappa shape index (κ2) is 5.79. The van der Waals surface area contributed by atoms with Gasteiger partial charge >= 0.3 is 0 Å². The van der Waals surface area contributed by atoms with Gasteiger partial charge in [0.2, 0.25) is 0 Å². The van der Waals surface area contributed by atoms with Gasteiger partial charge in [0.05, 0.1) is 12.2 Å². The van der Waals surface area contributed by atoms with Gasteiger partial charge in [-0.05, 0) is 18.2 Å². The summed E-state index contributed by atoms with van der Waals surface area (Å²) in [6.07, 6.45) is 3.47. The zero-order valence-corrected chi connectivity index (χ0v) is 11.9. The summed E-state index contributed by atoms with van der Waals surface area (Å²) in [7, 11) is 2.06. The van der Waals surface area contributed by atoms with Crippen LogP contribution in [0.4, 0.5) is 5.69 Å².